The molecule has 1 N–H and O–H groups in total. The van der Waals surface area contributed by atoms with E-state index in [4.69, 9.17) is 16.3 Å². The number of hydrogen-bond acceptors (Lipinski definition) is 4. The Bertz CT molecular complexity index is 1170. The maximum absolute atomic E-state index is 9.99. The van der Waals surface area contributed by atoms with Crippen molar-refractivity contribution in [2.24, 2.45) is 0 Å². The standard InChI is InChI=1S/C25H24ClN3O2/c1-28(2)12-13-31-22-8-5-18(6-9-22)20-14-21(17-27-16-20)29-11-3-4-24(29)19-7-10-23(26)25(30)15-19/h3-11,14-17,30H,12-13H2,1-2H3. The van der Waals surface area contributed by atoms with Gasteiger partial charge in [0.2, 0.25) is 0 Å². The summed E-state index contributed by atoms with van der Waals surface area (Å²) in [6.07, 6.45) is 5.65. The van der Waals surface area contributed by atoms with E-state index in [1.165, 1.54) is 0 Å². The van der Waals surface area contributed by atoms with E-state index >= 15 is 0 Å². The molecular formula is C25H24ClN3O2. The Balaban J connectivity index is 1.58. The molecule has 0 saturated heterocycles. The van der Waals surface area contributed by atoms with Crippen LogP contribution in [0, 0.1) is 0 Å². The van der Waals surface area contributed by atoms with Crippen LogP contribution in [0.1, 0.15) is 0 Å². The van der Waals surface area contributed by atoms with Gasteiger partial charge in [0.05, 0.1) is 22.6 Å². The van der Waals surface area contributed by atoms with Crippen molar-refractivity contribution in [2.75, 3.05) is 27.2 Å². The molecule has 0 bridgehead atoms. The van der Waals surface area contributed by atoms with Crippen LogP contribution in [0.2, 0.25) is 5.02 Å². The first-order chi connectivity index (χ1) is 15.0. The summed E-state index contributed by atoms with van der Waals surface area (Å²) in [4.78, 5) is 6.54. The largest absolute Gasteiger partial charge is 0.506 e. The predicted molar refractivity (Wildman–Crippen MR) is 125 cm³/mol. The van der Waals surface area contributed by atoms with Crippen molar-refractivity contribution < 1.29 is 9.84 Å². The third kappa shape index (κ3) is 4.90. The summed E-state index contributed by atoms with van der Waals surface area (Å²) in [6, 6.07) is 19.3. The molecule has 158 valence electrons. The van der Waals surface area contributed by atoms with Crippen LogP contribution in [-0.2, 0) is 0 Å². The molecule has 0 saturated carbocycles. The first-order valence-corrected chi connectivity index (χ1v) is 10.4. The minimum absolute atomic E-state index is 0.0617. The third-order valence-electron chi connectivity index (χ3n) is 4.99. The number of phenolic OH excluding ortho intramolecular Hbond substituents is 1. The maximum Gasteiger partial charge on any atom is 0.134 e. The Labute approximate surface area is 187 Å². The maximum atomic E-state index is 9.99. The summed E-state index contributed by atoms with van der Waals surface area (Å²) in [7, 11) is 4.05. The average molecular weight is 434 g/mol. The number of likely N-dealkylation sites (N-methyl/N-ethyl adjacent to an activating group) is 1. The molecule has 4 aromatic rings. The first kappa shape index (κ1) is 21.0. The molecule has 0 aliphatic heterocycles. The van der Waals surface area contributed by atoms with Crippen molar-refractivity contribution in [3.63, 3.8) is 0 Å². The Hall–Kier alpha value is -3.28. The molecule has 4 rings (SSSR count). The van der Waals surface area contributed by atoms with Crippen LogP contribution in [0.3, 0.4) is 0 Å². The van der Waals surface area contributed by atoms with Gasteiger partial charge in [-0.25, -0.2) is 0 Å². The molecule has 2 aromatic heterocycles. The summed E-state index contributed by atoms with van der Waals surface area (Å²) >= 11 is 5.96. The Morgan fingerprint density at radius 1 is 0.968 bits per heavy atom. The molecule has 0 radical (unpaired) electrons. The van der Waals surface area contributed by atoms with Crippen molar-refractivity contribution in [3.8, 4) is 39.6 Å². The van der Waals surface area contributed by atoms with Crippen molar-refractivity contribution in [1.29, 1.82) is 0 Å². The molecule has 0 aliphatic rings. The van der Waals surface area contributed by atoms with Gasteiger partial charge in [-0.1, -0.05) is 29.8 Å². The number of phenols is 1. The third-order valence-corrected chi connectivity index (χ3v) is 5.31. The Morgan fingerprint density at radius 3 is 2.48 bits per heavy atom. The normalized spacial score (nSPS) is 11.1. The van der Waals surface area contributed by atoms with Crippen molar-refractivity contribution in [3.05, 3.63) is 84.3 Å². The topological polar surface area (TPSA) is 50.5 Å². The molecular weight excluding hydrogens is 410 g/mol. The zero-order valence-electron chi connectivity index (χ0n) is 17.5. The fourth-order valence-corrected chi connectivity index (χ4v) is 3.44. The molecule has 0 amide bonds. The van der Waals surface area contributed by atoms with Gasteiger partial charge in [-0.3, -0.25) is 4.98 Å². The van der Waals surface area contributed by atoms with Gasteiger partial charge in [0.15, 0.2) is 0 Å². The van der Waals surface area contributed by atoms with Gasteiger partial charge in [-0.05, 0) is 62.1 Å². The second kappa shape index (κ2) is 9.25. The molecule has 6 heteroatoms. The van der Waals surface area contributed by atoms with Crippen molar-refractivity contribution in [1.82, 2.24) is 14.5 Å². The molecule has 0 unspecified atom stereocenters. The van der Waals surface area contributed by atoms with Gasteiger partial charge in [0, 0.05) is 30.1 Å². The summed E-state index contributed by atoms with van der Waals surface area (Å²) < 4.78 is 7.82. The van der Waals surface area contributed by atoms with Gasteiger partial charge in [0.25, 0.3) is 0 Å². The fourth-order valence-electron chi connectivity index (χ4n) is 3.32. The highest BCUT2D eigenvalue weighted by Crippen LogP contribution is 2.32. The van der Waals surface area contributed by atoms with Crippen LogP contribution in [0.5, 0.6) is 11.5 Å². The average Bonchev–Trinajstić information content (AvgIpc) is 3.26. The van der Waals surface area contributed by atoms with E-state index in [2.05, 4.69) is 16.0 Å². The quantitative estimate of drug-likeness (QED) is 0.417. The van der Waals surface area contributed by atoms with Gasteiger partial charge in [-0.2, -0.15) is 0 Å². The lowest BCUT2D eigenvalue weighted by Crippen LogP contribution is -2.19. The minimum atomic E-state index is 0.0617. The second-order valence-corrected chi connectivity index (χ2v) is 7.94. The lowest BCUT2D eigenvalue weighted by molar-refractivity contribution is 0.261. The summed E-state index contributed by atoms with van der Waals surface area (Å²) in [5, 5.41) is 10.3. The van der Waals surface area contributed by atoms with Crippen LogP contribution < -0.4 is 4.74 Å². The molecule has 0 atom stereocenters. The molecule has 2 aromatic carbocycles. The Morgan fingerprint density at radius 2 is 1.74 bits per heavy atom. The number of aromatic nitrogens is 2. The van der Waals surface area contributed by atoms with E-state index in [0.29, 0.717) is 11.6 Å². The zero-order valence-corrected chi connectivity index (χ0v) is 18.3. The molecule has 0 fully saturated rings. The van der Waals surface area contributed by atoms with Gasteiger partial charge in [-0.15, -0.1) is 0 Å². The highest BCUT2D eigenvalue weighted by atomic mass is 35.5. The van der Waals surface area contributed by atoms with Crippen molar-refractivity contribution >= 4 is 11.6 Å². The number of pyridine rings is 1. The number of ether oxygens (including phenoxy) is 1. The number of nitrogens with zero attached hydrogens (tertiary/aromatic N) is 3. The Kier molecular flexibility index (Phi) is 6.26. The van der Waals surface area contributed by atoms with Crippen LogP contribution in [-0.4, -0.2) is 46.8 Å². The van der Waals surface area contributed by atoms with Crippen LogP contribution in [0.4, 0.5) is 0 Å². The van der Waals surface area contributed by atoms with Gasteiger partial charge < -0.3 is 19.3 Å². The summed E-state index contributed by atoms with van der Waals surface area (Å²) in [5.41, 5.74) is 4.81. The second-order valence-electron chi connectivity index (χ2n) is 7.54. The number of benzene rings is 2. The highest BCUT2D eigenvalue weighted by molar-refractivity contribution is 6.32. The SMILES string of the molecule is CN(C)CCOc1ccc(-c2cncc(-n3cccc3-c3ccc(Cl)c(O)c3)c2)cc1. The predicted octanol–water partition coefficient (Wildman–Crippen LogP) is 5.51. The first-order valence-electron chi connectivity index (χ1n) is 10.0. The number of aromatic hydroxyl groups is 1. The summed E-state index contributed by atoms with van der Waals surface area (Å²) in [5.74, 6) is 0.914. The smallest absolute Gasteiger partial charge is 0.134 e. The van der Waals surface area contributed by atoms with E-state index in [1.54, 1.807) is 12.1 Å². The fraction of sp³-hybridized carbons (Fsp3) is 0.160. The van der Waals surface area contributed by atoms with Gasteiger partial charge >= 0.3 is 0 Å². The molecule has 2 heterocycles. The lowest BCUT2D eigenvalue weighted by Gasteiger charge is -2.12. The zero-order chi connectivity index (χ0) is 21.8. The summed E-state index contributed by atoms with van der Waals surface area (Å²) in [6.45, 7) is 1.53. The monoisotopic (exact) mass is 433 g/mol. The number of hydrogen-bond donors (Lipinski definition) is 1. The molecule has 0 spiro atoms. The van der Waals surface area contributed by atoms with E-state index in [9.17, 15) is 5.11 Å². The van der Waals surface area contributed by atoms with E-state index in [1.807, 2.05) is 79.7 Å². The van der Waals surface area contributed by atoms with Crippen LogP contribution >= 0.6 is 11.6 Å². The lowest BCUT2D eigenvalue weighted by atomic mass is 10.1. The number of halogens is 1. The molecule has 0 aliphatic carbocycles. The van der Waals surface area contributed by atoms with E-state index in [-0.39, 0.29) is 5.75 Å². The van der Waals surface area contributed by atoms with E-state index in [0.717, 1.165) is 40.4 Å². The number of rotatable bonds is 7. The van der Waals surface area contributed by atoms with Gasteiger partial charge in [0.1, 0.15) is 18.1 Å². The minimum Gasteiger partial charge on any atom is -0.506 e. The van der Waals surface area contributed by atoms with Crippen molar-refractivity contribution in [2.45, 2.75) is 0 Å². The van der Waals surface area contributed by atoms with Crippen LogP contribution in [0.15, 0.2) is 79.3 Å². The molecule has 31 heavy (non-hydrogen) atoms. The highest BCUT2D eigenvalue weighted by Gasteiger charge is 2.10. The molecule has 5 nitrogen and oxygen atoms in total. The van der Waals surface area contributed by atoms with Crippen LogP contribution in [0.25, 0.3) is 28.1 Å². The van der Waals surface area contributed by atoms with E-state index < -0.39 is 0 Å².